The predicted octanol–water partition coefficient (Wildman–Crippen LogP) is -1.94. The monoisotopic (exact) mass is 166 g/mol. The molecule has 0 aliphatic carbocycles. The molecule has 4 N–H and O–H groups in total. The Hall–Kier alpha value is -0.200. The third-order valence-corrected chi connectivity index (χ3v) is 1.15. The topological polar surface area (TPSA) is 90.2 Å². The van der Waals surface area contributed by atoms with Crippen LogP contribution in [0.4, 0.5) is 0 Å². The summed E-state index contributed by atoms with van der Waals surface area (Å²) in [7, 11) is 0. The van der Waals surface area contributed by atoms with E-state index in [1.54, 1.807) is 0 Å². The largest absolute Gasteiger partial charge is 0.394 e. The lowest BCUT2D eigenvalue weighted by Crippen LogP contribution is -2.35. The fraction of sp³-hybridized carbons (Fsp3) is 1.00. The first-order valence-electron chi connectivity index (χ1n) is 3.35. The summed E-state index contributed by atoms with van der Waals surface area (Å²) in [4.78, 5) is 0. The van der Waals surface area contributed by atoms with Gasteiger partial charge in [0, 0.05) is 0 Å². The van der Waals surface area contributed by atoms with Gasteiger partial charge < -0.3 is 25.2 Å². The molecular formula is C6H14O5. The SMILES string of the molecule is CC(CO)OC(O)C(O)CO. The number of hydrogen-bond acceptors (Lipinski definition) is 5. The first kappa shape index (κ1) is 10.8. The van der Waals surface area contributed by atoms with E-state index in [1.807, 2.05) is 0 Å². The first-order chi connectivity index (χ1) is 5.11. The second kappa shape index (κ2) is 5.45. The van der Waals surface area contributed by atoms with Crippen LogP contribution in [0.1, 0.15) is 6.92 Å². The van der Waals surface area contributed by atoms with Crippen molar-refractivity contribution in [2.24, 2.45) is 0 Å². The zero-order valence-electron chi connectivity index (χ0n) is 6.34. The van der Waals surface area contributed by atoms with E-state index in [4.69, 9.17) is 20.4 Å². The van der Waals surface area contributed by atoms with E-state index in [0.717, 1.165) is 0 Å². The second-order valence-corrected chi connectivity index (χ2v) is 2.27. The molecule has 0 aromatic carbocycles. The summed E-state index contributed by atoms with van der Waals surface area (Å²) < 4.78 is 4.65. The molecule has 11 heavy (non-hydrogen) atoms. The van der Waals surface area contributed by atoms with Crippen LogP contribution >= 0.6 is 0 Å². The van der Waals surface area contributed by atoms with Crippen molar-refractivity contribution >= 4 is 0 Å². The van der Waals surface area contributed by atoms with Crippen molar-refractivity contribution in [2.75, 3.05) is 13.2 Å². The standard InChI is InChI=1S/C6H14O5/c1-4(2-7)11-6(10)5(9)3-8/h4-10H,2-3H2,1H3. The van der Waals surface area contributed by atoms with Crippen molar-refractivity contribution in [3.8, 4) is 0 Å². The van der Waals surface area contributed by atoms with Crippen LogP contribution < -0.4 is 0 Å². The molecule has 0 amide bonds. The Kier molecular flexibility index (Phi) is 5.35. The molecule has 68 valence electrons. The molecule has 0 aromatic heterocycles. The maximum atomic E-state index is 8.88. The fourth-order valence-corrected chi connectivity index (χ4v) is 0.462. The van der Waals surface area contributed by atoms with Gasteiger partial charge in [-0.05, 0) is 6.92 Å². The quantitative estimate of drug-likeness (QED) is 0.357. The molecule has 3 atom stereocenters. The highest BCUT2D eigenvalue weighted by Crippen LogP contribution is 1.99. The zero-order chi connectivity index (χ0) is 8.85. The molecule has 0 heterocycles. The van der Waals surface area contributed by atoms with E-state index in [9.17, 15) is 0 Å². The number of rotatable bonds is 5. The smallest absolute Gasteiger partial charge is 0.183 e. The minimum absolute atomic E-state index is 0.241. The molecular weight excluding hydrogens is 152 g/mol. The second-order valence-electron chi connectivity index (χ2n) is 2.27. The van der Waals surface area contributed by atoms with Crippen molar-refractivity contribution in [3.63, 3.8) is 0 Å². The van der Waals surface area contributed by atoms with E-state index in [0.29, 0.717) is 0 Å². The van der Waals surface area contributed by atoms with E-state index >= 15 is 0 Å². The molecule has 5 nitrogen and oxygen atoms in total. The van der Waals surface area contributed by atoms with Gasteiger partial charge in [0.15, 0.2) is 6.29 Å². The Morgan fingerprint density at radius 1 is 1.18 bits per heavy atom. The Morgan fingerprint density at radius 2 is 1.73 bits per heavy atom. The molecule has 0 aromatic rings. The first-order valence-corrected chi connectivity index (χ1v) is 3.35. The van der Waals surface area contributed by atoms with E-state index < -0.39 is 25.1 Å². The highest BCUT2D eigenvalue weighted by molar-refractivity contribution is 4.57. The fourth-order valence-electron chi connectivity index (χ4n) is 0.462. The van der Waals surface area contributed by atoms with Gasteiger partial charge in [-0.2, -0.15) is 0 Å². The van der Waals surface area contributed by atoms with Crippen LogP contribution in [0.25, 0.3) is 0 Å². The Morgan fingerprint density at radius 3 is 2.09 bits per heavy atom. The molecule has 0 bridgehead atoms. The Bertz CT molecular complexity index is 97.0. The molecule has 0 aliphatic heterocycles. The third kappa shape index (κ3) is 4.28. The summed E-state index contributed by atoms with van der Waals surface area (Å²) in [5.74, 6) is 0. The molecule has 0 radical (unpaired) electrons. The molecule has 0 spiro atoms. The van der Waals surface area contributed by atoms with Gasteiger partial charge in [0.1, 0.15) is 6.10 Å². The molecule has 0 saturated carbocycles. The minimum atomic E-state index is -1.44. The third-order valence-electron chi connectivity index (χ3n) is 1.15. The molecule has 0 fully saturated rings. The van der Waals surface area contributed by atoms with Gasteiger partial charge >= 0.3 is 0 Å². The van der Waals surface area contributed by atoms with Crippen LogP contribution in [-0.2, 0) is 4.74 Å². The van der Waals surface area contributed by atoms with Crippen molar-refractivity contribution < 1.29 is 25.2 Å². The predicted molar refractivity (Wildman–Crippen MR) is 36.7 cm³/mol. The molecule has 0 aliphatic rings. The summed E-state index contributed by atoms with van der Waals surface area (Å²) in [6.07, 6.45) is -3.31. The van der Waals surface area contributed by atoms with Crippen LogP contribution in [0, 0.1) is 0 Å². The van der Waals surface area contributed by atoms with Crippen LogP contribution in [0.2, 0.25) is 0 Å². The highest BCUT2D eigenvalue weighted by Gasteiger charge is 2.17. The van der Waals surface area contributed by atoms with E-state index in [2.05, 4.69) is 4.74 Å². The van der Waals surface area contributed by atoms with E-state index in [-0.39, 0.29) is 6.61 Å². The van der Waals surface area contributed by atoms with Crippen LogP contribution in [0.5, 0.6) is 0 Å². The number of aliphatic hydroxyl groups is 4. The van der Waals surface area contributed by atoms with Crippen molar-refractivity contribution in [1.29, 1.82) is 0 Å². The van der Waals surface area contributed by atoms with E-state index in [1.165, 1.54) is 6.92 Å². The summed E-state index contributed by atoms with van der Waals surface area (Å²) in [6, 6.07) is 0. The van der Waals surface area contributed by atoms with Gasteiger partial charge in [0.2, 0.25) is 0 Å². The minimum Gasteiger partial charge on any atom is -0.394 e. The van der Waals surface area contributed by atoms with Crippen molar-refractivity contribution in [1.82, 2.24) is 0 Å². The molecule has 0 saturated heterocycles. The normalized spacial score (nSPS) is 19.4. The number of hydrogen-bond donors (Lipinski definition) is 4. The molecule has 3 unspecified atom stereocenters. The average molecular weight is 166 g/mol. The van der Waals surface area contributed by atoms with Gasteiger partial charge in [-0.1, -0.05) is 0 Å². The molecule has 5 heteroatoms. The van der Waals surface area contributed by atoms with Crippen LogP contribution in [-0.4, -0.2) is 52.1 Å². The zero-order valence-corrected chi connectivity index (χ0v) is 6.34. The Balaban J connectivity index is 3.58. The number of ether oxygens (including phenoxy) is 1. The van der Waals surface area contributed by atoms with Crippen molar-refractivity contribution in [2.45, 2.75) is 25.4 Å². The van der Waals surface area contributed by atoms with Gasteiger partial charge in [0.05, 0.1) is 19.3 Å². The highest BCUT2D eigenvalue weighted by atomic mass is 16.6. The lowest BCUT2D eigenvalue weighted by Gasteiger charge is -2.19. The van der Waals surface area contributed by atoms with Crippen molar-refractivity contribution in [3.05, 3.63) is 0 Å². The van der Waals surface area contributed by atoms with Crippen LogP contribution in [0.3, 0.4) is 0 Å². The average Bonchev–Trinajstić information content (AvgIpc) is 2.02. The van der Waals surface area contributed by atoms with Gasteiger partial charge in [-0.25, -0.2) is 0 Å². The lowest BCUT2D eigenvalue weighted by molar-refractivity contribution is -0.197. The summed E-state index contributed by atoms with van der Waals surface area (Å²) in [5.41, 5.74) is 0. The molecule has 0 rings (SSSR count). The number of aliphatic hydroxyl groups excluding tert-OH is 4. The summed E-state index contributed by atoms with van der Waals surface area (Å²) in [5, 5.41) is 34.4. The maximum absolute atomic E-state index is 8.88. The van der Waals surface area contributed by atoms with Gasteiger partial charge in [-0.15, -0.1) is 0 Å². The Labute approximate surface area is 64.9 Å². The van der Waals surface area contributed by atoms with Gasteiger partial charge in [-0.3, -0.25) is 0 Å². The van der Waals surface area contributed by atoms with Crippen LogP contribution in [0.15, 0.2) is 0 Å². The maximum Gasteiger partial charge on any atom is 0.183 e. The lowest BCUT2D eigenvalue weighted by atomic mass is 10.3. The van der Waals surface area contributed by atoms with Gasteiger partial charge in [0.25, 0.3) is 0 Å². The summed E-state index contributed by atoms with van der Waals surface area (Å²) >= 11 is 0. The summed E-state index contributed by atoms with van der Waals surface area (Å²) in [6.45, 7) is 0.724.